The van der Waals surface area contributed by atoms with Gasteiger partial charge in [-0.1, -0.05) is 24.3 Å². The molecule has 0 saturated heterocycles. The second-order valence-electron chi connectivity index (χ2n) is 5.17. The Balaban J connectivity index is 2.00. The summed E-state index contributed by atoms with van der Waals surface area (Å²) in [5.74, 6) is 1.91. The normalized spacial score (nSPS) is 17.1. The fourth-order valence-electron chi connectivity index (χ4n) is 3.01. The van der Waals surface area contributed by atoms with Gasteiger partial charge in [0, 0.05) is 12.1 Å². The Labute approximate surface area is 125 Å². The molecule has 0 aromatic heterocycles. The van der Waals surface area contributed by atoms with Crippen LogP contribution in [0, 0.1) is 0 Å². The third kappa shape index (κ3) is 2.74. The van der Waals surface area contributed by atoms with Crippen molar-refractivity contribution in [3.05, 3.63) is 59.2 Å². The standard InChI is InChI=1S/C18H21NO2/c1-3-21-14-7-4-6-13(12-14)18-16-8-5-9-17(20-2)15(16)10-11-19-18/h4-9,12,18-19H,3,10-11H2,1-2H3. The summed E-state index contributed by atoms with van der Waals surface area (Å²) in [4.78, 5) is 0. The van der Waals surface area contributed by atoms with Crippen LogP contribution < -0.4 is 14.8 Å². The molecule has 1 aliphatic rings. The minimum Gasteiger partial charge on any atom is -0.496 e. The molecule has 0 spiro atoms. The Bertz CT molecular complexity index is 624. The number of hydrogen-bond acceptors (Lipinski definition) is 3. The fraction of sp³-hybridized carbons (Fsp3) is 0.333. The minimum absolute atomic E-state index is 0.198. The average Bonchev–Trinajstić information content (AvgIpc) is 2.54. The molecule has 0 radical (unpaired) electrons. The Morgan fingerprint density at radius 2 is 2.05 bits per heavy atom. The van der Waals surface area contributed by atoms with E-state index in [1.54, 1.807) is 7.11 Å². The van der Waals surface area contributed by atoms with E-state index in [1.165, 1.54) is 16.7 Å². The van der Waals surface area contributed by atoms with Crippen molar-refractivity contribution in [3.63, 3.8) is 0 Å². The predicted octanol–water partition coefficient (Wildman–Crippen LogP) is 3.33. The third-order valence-electron chi connectivity index (χ3n) is 3.93. The van der Waals surface area contributed by atoms with E-state index >= 15 is 0 Å². The van der Waals surface area contributed by atoms with Crippen molar-refractivity contribution in [1.82, 2.24) is 5.32 Å². The van der Waals surface area contributed by atoms with Gasteiger partial charge in [-0.15, -0.1) is 0 Å². The van der Waals surface area contributed by atoms with Crippen LogP contribution in [0.15, 0.2) is 42.5 Å². The van der Waals surface area contributed by atoms with Crippen molar-refractivity contribution in [3.8, 4) is 11.5 Å². The van der Waals surface area contributed by atoms with Crippen LogP contribution in [-0.2, 0) is 6.42 Å². The molecule has 1 N–H and O–H groups in total. The summed E-state index contributed by atoms with van der Waals surface area (Å²) < 4.78 is 11.1. The third-order valence-corrected chi connectivity index (χ3v) is 3.93. The lowest BCUT2D eigenvalue weighted by atomic mass is 9.89. The Morgan fingerprint density at radius 3 is 2.86 bits per heavy atom. The lowest BCUT2D eigenvalue weighted by Crippen LogP contribution is -2.30. The van der Waals surface area contributed by atoms with Crippen LogP contribution >= 0.6 is 0 Å². The molecule has 0 fully saturated rings. The van der Waals surface area contributed by atoms with Gasteiger partial charge in [-0.05, 0) is 42.7 Å². The van der Waals surface area contributed by atoms with Gasteiger partial charge in [-0.25, -0.2) is 0 Å². The molecule has 21 heavy (non-hydrogen) atoms. The summed E-state index contributed by atoms with van der Waals surface area (Å²) in [6.07, 6.45) is 1.00. The van der Waals surface area contributed by atoms with E-state index in [9.17, 15) is 0 Å². The van der Waals surface area contributed by atoms with Gasteiger partial charge < -0.3 is 14.8 Å². The molecule has 1 aliphatic heterocycles. The zero-order valence-corrected chi connectivity index (χ0v) is 12.6. The van der Waals surface area contributed by atoms with Crippen molar-refractivity contribution in [2.75, 3.05) is 20.3 Å². The summed E-state index contributed by atoms with van der Waals surface area (Å²) in [5.41, 5.74) is 3.84. The summed E-state index contributed by atoms with van der Waals surface area (Å²) in [5, 5.41) is 3.60. The van der Waals surface area contributed by atoms with Crippen molar-refractivity contribution in [2.24, 2.45) is 0 Å². The Morgan fingerprint density at radius 1 is 1.19 bits per heavy atom. The molecular weight excluding hydrogens is 262 g/mol. The van der Waals surface area contributed by atoms with E-state index < -0.39 is 0 Å². The number of hydrogen-bond donors (Lipinski definition) is 1. The molecule has 2 aromatic rings. The van der Waals surface area contributed by atoms with E-state index in [2.05, 4.69) is 35.6 Å². The highest BCUT2D eigenvalue weighted by molar-refractivity contribution is 5.48. The van der Waals surface area contributed by atoms with Crippen molar-refractivity contribution < 1.29 is 9.47 Å². The molecule has 3 heteroatoms. The van der Waals surface area contributed by atoms with Crippen molar-refractivity contribution in [2.45, 2.75) is 19.4 Å². The van der Waals surface area contributed by atoms with Gasteiger partial charge in [0.05, 0.1) is 19.8 Å². The van der Waals surface area contributed by atoms with Crippen LogP contribution in [0.2, 0.25) is 0 Å². The maximum absolute atomic E-state index is 5.62. The average molecular weight is 283 g/mol. The van der Waals surface area contributed by atoms with E-state index in [4.69, 9.17) is 9.47 Å². The Kier molecular flexibility index (Phi) is 4.11. The molecule has 3 nitrogen and oxygen atoms in total. The molecule has 0 bridgehead atoms. The first-order chi connectivity index (χ1) is 10.3. The zero-order chi connectivity index (χ0) is 14.7. The quantitative estimate of drug-likeness (QED) is 0.933. The Hall–Kier alpha value is -2.00. The molecule has 1 heterocycles. The van der Waals surface area contributed by atoms with Gasteiger partial charge >= 0.3 is 0 Å². The van der Waals surface area contributed by atoms with Crippen molar-refractivity contribution >= 4 is 0 Å². The van der Waals surface area contributed by atoms with Gasteiger partial charge in [0.2, 0.25) is 0 Å². The fourth-order valence-corrected chi connectivity index (χ4v) is 3.01. The summed E-state index contributed by atoms with van der Waals surface area (Å²) in [6.45, 7) is 3.65. The molecule has 1 unspecified atom stereocenters. The highest BCUT2D eigenvalue weighted by Gasteiger charge is 2.23. The minimum atomic E-state index is 0.198. The topological polar surface area (TPSA) is 30.5 Å². The predicted molar refractivity (Wildman–Crippen MR) is 84.2 cm³/mol. The van der Waals surface area contributed by atoms with Gasteiger partial charge in [0.1, 0.15) is 11.5 Å². The lowest BCUT2D eigenvalue weighted by Gasteiger charge is -2.28. The first kappa shape index (κ1) is 14.0. The van der Waals surface area contributed by atoms with Crippen LogP contribution in [0.3, 0.4) is 0 Å². The van der Waals surface area contributed by atoms with E-state index in [-0.39, 0.29) is 6.04 Å². The molecule has 2 aromatic carbocycles. The number of methoxy groups -OCH3 is 1. The van der Waals surface area contributed by atoms with Crippen LogP contribution in [0.1, 0.15) is 29.7 Å². The van der Waals surface area contributed by atoms with Crippen LogP contribution in [0.5, 0.6) is 11.5 Å². The van der Waals surface area contributed by atoms with E-state index in [0.717, 1.165) is 24.5 Å². The van der Waals surface area contributed by atoms with Crippen LogP contribution in [0.4, 0.5) is 0 Å². The lowest BCUT2D eigenvalue weighted by molar-refractivity contribution is 0.339. The van der Waals surface area contributed by atoms with Gasteiger partial charge in [0.25, 0.3) is 0 Å². The molecule has 1 atom stereocenters. The van der Waals surface area contributed by atoms with Gasteiger partial charge in [-0.2, -0.15) is 0 Å². The summed E-state index contributed by atoms with van der Waals surface area (Å²) in [7, 11) is 1.74. The molecule has 0 aliphatic carbocycles. The highest BCUT2D eigenvalue weighted by Crippen LogP contribution is 2.34. The number of nitrogens with one attached hydrogen (secondary N) is 1. The maximum Gasteiger partial charge on any atom is 0.122 e. The molecule has 0 saturated carbocycles. The van der Waals surface area contributed by atoms with E-state index in [0.29, 0.717) is 6.61 Å². The van der Waals surface area contributed by atoms with Crippen LogP contribution in [-0.4, -0.2) is 20.3 Å². The maximum atomic E-state index is 5.62. The number of ether oxygens (including phenoxy) is 2. The van der Waals surface area contributed by atoms with Gasteiger partial charge in [0.15, 0.2) is 0 Å². The molecular formula is C18H21NO2. The number of benzene rings is 2. The number of rotatable bonds is 4. The zero-order valence-electron chi connectivity index (χ0n) is 12.6. The smallest absolute Gasteiger partial charge is 0.122 e. The summed E-state index contributed by atoms with van der Waals surface area (Å²) in [6, 6.07) is 14.8. The monoisotopic (exact) mass is 283 g/mol. The second kappa shape index (κ2) is 6.19. The van der Waals surface area contributed by atoms with E-state index in [1.807, 2.05) is 19.1 Å². The second-order valence-corrected chi connectivity index (χ2v) is 5.17. The molecule has 3 rings (SSSR count). The highest BCUT2D eigenvalue weighted by atomic mass is 16.5. The largest absolute Gasteiger partial charge is 0.496 e. The molecule has 110 valence electrons. The molecule has 0 amide bonds. The summed E-state index contributed by atoms with van der Waals surface area (Å²) >= 11 is 0. The van der Waals surface area contributed by atoms with Crippen molar-refractivity contribution in [1.29, 1.82) is 0 Å². The SMILES string of the molecule is CCOc1cccc(C2NCCc3c(OC)cccc32)c1. The number of fused-ring (bicyclic) bond motifs is 1. The van der Waals surface area contributed by atoms with Crippen LogP contribution in [0.25, 0.3) is 0 Å². The first-order valence-corrected chi connectivity index (χ1v) is 7.45. The first-order valence-electron chi connectivity index (χ1n) is 7.45. The van der Waals surface area contributed by atoms with Gasteiger partial charge in [-0.3, -0.25) is 0 Å².